The van der Waals surface area contributed by atoms with Gasteiger partial charge in [-0.1, -0.05) is 6.07 Å². The van der Waals surface area contributed by atoms with Crippen molar-refractivity contribution >= 4 is 29.1 Å². The zero-order chi connectivity index (χ0) is 17.5. The van der Waals surface area contributed by atoms with Crippen LogP contribution in [0.4, 0.5) is 0 Å². The van der Waals surface area contributed by atoms with Crippen molar-refractivity contribution in [3.63, 3.8) is 0 Å². The molecular weight excluding hydrogens is 328 g/mol. The molecule has 2 heterocycles. The van der Waals surface area contributed by atoms with Crippen LogP contribution in [-0.2, 0) is 9.59 Å². The molecule has 1 aliphatic rings. The van der Waals surface area contributed by atoms with Crippen LogP contribution in [0.1, 0.15) is 23.5 Å². The molecule has 132 valence electrons. The molecule has 24 heavy (non-hydrogen) atoms. The lowest BCUT2D eigenvalue weighted by atomic mass is 10.3. The van der Waals surface area contributed by atoms with Gasteiger partial charge in [0, 0.05) is 32.2 Å². The molecule has 8 heteroatoms. The zero-order valence-electron chi connectivity index (χ0n) is 14.1. The number of hydrogen-bond acceptors (Lipinski definition) is 5. The van der Waals surface area contributed by atoms with Gasteiger partial charge in [0.05, 0.1) is 18.0 Å². The van der Waals surface area contributed by atoms with E-state index < -0.39 is 0 Å². The molecule has 0 bridgehead atoms. The molecule has 0 aliphatic carbocycles. The van der Waals surface area contributed by atoms with E-state index in [0.717, 1.165) is 0 Å². The molecule has 0 aromatic carbocycles. The predicted octanol–water partition coefficient (Wildman–Crippen LogP) is 0.147. The summed E-state index contributed by atoms with van der Waals surface area (Å²) < 4.78 is 0. The maximum atomic E-state index is 12.2. The topological polar surface area (TPSA) is 81.8 Å². The summed E-state index contributed by atoms with van der Waals surface area (Å²) in [5.41, 5.74) is 0. The van der Waals surface area contributed by atoms with Gasteiger partial charge in [0.15, 0.2) is 0 Å². The SMILES string of the molecule is CC(C)NC(=O)CN1CCN(C(=O)CNC(=O)c2cccs2)CC1. The Hall–Kier alpha value is -1.93. The lowest BCUT2D eigenvalue weighted by molar-refractivity contribution is -0.132. The van der Waals surface area contributed by atoms with E-state index in [1.807, 2.05) is 24.1 Å². The Kier molecular flexibility index (Phi) is 6.74. The Labute approximate surface area is 146 Å². The minimum absolute atomic E-state index is 0.00453. The van der Waals surface area contributed by atoms with Crippen LogP contribution in [0.3, 0.4) is 0 Å². The lowest BCUT2D eigenvalue weighted by Gasteiger charge is -2.34. The van der Waals surface area contributed by atoms with E-state index in [0.29, 0.717) is 37.6 Å². The average molecular weight is 352 g/mol. The normalized spacial score (nSPS) is 15.4. The Bertz CT molecular complexity index is 566. The maximum Gasteiger partial charge on any atom is 0.261 e. The van der Waals surface area contributed by atoms with Crippen LogP contribution >= 0.6 is 11.3 Å². The van der Waals surface area contributed by atoms with Crippen molar-refractivity contribution in [1.29, 1.82) is 0 Å². The van der Waals surface area contributed by atoms with Crippen molar-refractivity contribution in [2.75, 3.05) is 39.3 Å². The molecule has 1 fully saturated rings. The molecule has 0 radical (unpaired) electrons. The predicted molar refractivity (Wildman–Crippen MR) is 93.0 cm³/mol. The summed E-state index contributed by atoms with van der Waals surface area (Å²) in [5, 5.41) is 7.34. The van der Waals surface area contributed by atoms with E-state index in [4.69, 9.17) is 0 Å². The largest absolute Gasteiger partial charge is 0.353 e. The highest BCUT2D eigenvalue weighted by molar-refractivity contribution is 7.12. The van der Waals surface area contributed by atoms with Gasteiger partial charge < -0.3 is 15.5 Å². The second-order valence-electron chi connectivity index (χ2n) is 6.04. The van der Waals surface area contributed by atoms with Crippen molar-refractivity contribution in [1.82, 2.24) is 20.4 Å². The van der Waals surface area contributed by atoms with Gasteiger partial charge in [-0.05, 0) is 25.3 Å². The molecule has 1 aliphatic heterocycles. The van der Waals surface area contributed by atoms with Crippen molar-refractivity contribution in [3.8, 4) is 0 Å². The van der Waals surface area contributed by atoms with Gasteiger partial charge in [-0.3, -0.25) is 19.3 Å². The number of nitrogens with one attached hydrogen (secondary N) is 2. The number of amides is 3. The smallest absolute Gasteiger partial charge is 0.261 e. The molecule has 0 atom stereocenters. The maximum absolute atomic E-state index is 12.2. The fourth-order valence-corrected chi connectivity index (χ4v) is 3.13. The third kappa shape index (κ3) is 5.61. The first kappa shape index (κ1) is 18.4. The summed E-state index contributed by atoms with van der Waals surface area (Å²) in [6.45, 7) is 6.69. The summed E-state index contributed by atoms with van der Waals surface area (Å²) in [5.74, 6) is -0.304. The monoisotopic (exact) mass is 352 g/mol. The van der Waals surface area contributed by atoms with Crippen LogP contribution in [0.5, 0.6) is 0 Å². The first-order valence-electron chi connectivity index (χ1n) is 8.07. The Balaban J connectivity index is 1.69. The van der Waals surface area contributed by atoms with Crippen molar-refractivity contribution < 1.29 is 14.4 Å². The Morgan fingerprint density at radius 3 is 2.50 bits per heavy atom. The Morgan fingerprint density at radius 2 is 1.92 bits per heavy atom. The average Bonchev–Trinajstić information content (AvgIpc) is 3.06. The number of thiophene rings is 1. The molecular formula is C16H24N4O3S. The summed E-state index contributed by atoms with van der Waals surface area (Å²) in [7, 11) is 0. The number of piperazine rings is 1. The molecule has 3 amide bonds. The zero-order valence-corrected chi connectivity index (χ0v) is 14.9. The lowest BCUT2D eigenvalue weighted by Crippen LogP contribution is -2.53. The van der Waals surface area contributed by atoms with Gasteiger partial charge in [-0.25, -0.2) is 0 Å². The summed E-state index contributed by atoms with van der Waals surface area (Å²) in [6.07, 6.45) is 0. The third-order valence-corrected chi connectivity index (χ3v) is 4.56. The molecule has 1 aromatic heterocycles. The molecule has 2 N–H and O–H groups in total. The van der Waals surface area contributed by atoms with Gasteiger partial charge in [-0.15, -0.1) is 11.3 Å². The van der Waals surface area contributed by atoms with Crippen LogP contribution in [0.25, 0.3) is 0 Å². The molecule has 1 saturated heterocycles. The third-order valence-electron chi connectivity index (χ3n) is 3.69. The molecule has 0 unspecified atom stereocenters. The summed E-state index contributed by atoms with van der Waals surface area (Å²) in [6, 6.07) is 3.66. The van der Waals surface area contributed by atoms with Crippen LogP contribution < -0.4 is 10.6 Å². The van der Waals surface area contributed by atoms with E-state index >= 15 is 0 Å². The van der Waals surface area contributed by atoms with Gasteiger partial charge in [-0.2, -0.15) is 0 Å². The molecule has 2 rings (SSSR count). The summed E-state index contributed by atoms with van der Waals surface area (Å²) >= 11 is 1.35. The molecule has 0 spiro atoms. The van der Waals surface area contributed by atoms with Gasteiger partial charge >= 0.3 is 0 Å². The molecule has 7 nitrogen and oxygen atoms in total. The number of hydrogen-bond donors (Lipinski definition) is 2. The second-order valence-corrected chi connectivity index (χ2v) is 6.99. The number of rotatable bonds is 6. The van der Waals surface area contributed by atoms with Crippen molar-refractivity contribution in [3.05, 3.63) is 22.4 Å². The standard InChI is InChI=1S/C16H24N4O3S/c1-12(2)18-14(21)11-19-5-7-20(8-6-19)15(22)10-17-16(23)13-4-3-9-24-13/h3-4,9,12H,5-8,10-11H2,1-2H3,(H,17,23)(H,18,21). The molecule has 0 saturated carbocycles. The van der Waals surface area contributed by atoms with Crippen molar-refractivity contribution in [2.24, 2.45) is 0 Å². The number of nitrogens with zero attached hydrogens (tertiary/aromatic N) is 2. The second kappa shape index (κ2) is 8.79. The van der Waals surface area contributed by atoms with E-state index in [2.05, 4.69) is 10.6 Å². The van der Waals surface area contributed by atoms with Crippen molar-refractivity contribution in [2.45, 2.75) is 19.9 Å². The minimum atomic E-state index is -0.220. The highest BCUT2D eigenvalue weighted by atomic mass is 32.1. The van der Waals surface area contributed by atoms with E-state index in [1.165, 1.54) is 11.3 Å². The van der Waals surface area contributed by atoms with E-state index in [1.54, 1.807) is 17.0 Å². The fourth-order valence-electron chi connectivity index (χ4n) is 2.49. The quantitative estimate of drug-likeness (QED) is 0.763. The van der Waals surface area contributed by atoms with Crippen LogP contribution in [0.15, 0.2) is 17.5 Å². The highest BCUT2D eigenvalue weighted by Gasteiger charge is 2.22. The van der Waals surface area contributed by atoms with Gasteiger partial charge in [0.1, 0.15) is 0 Å². The Morgan fingerprint density at radius 1 is 1.21 bits per heavy atom. The first-order valence-corrected chi connectivity index (χ1v) is 8.95. The van der Waals surface area contributed by atoms with Crippen LogP contribution in [0.2, 0.25) is 0 Å². The first-order chi connectivity index (χ1) is 11.5. The number of carbonyl (C=O) groups is 3. The van der Waals surface area contributed by atoms with Gasteiger partial charge in [0.25, 0.3) is 5.91 Å². The number of carbonyl (C=O) groups excluding carboxylic acids is 3. The van der Waals surface area contributed by atoms with Gasteiger partial charge in [0.2, 0.25) is 11.8 Å². The van der Waals surface area contributed by atoms with Crippen LogP contribution in [-0.4, -0.2) is 72.8 Å². The minimum Gasteiger partial charge on any atom is -0.353 e. The fraction of sp³-hybridized carbons (Fsp3) is 0.562. The van der Waals surface area contributed by atoms with Crippen LogP contribution in [0, 0.1) is 0 Å². The van der Waals surface area contributed by atoms with E-state index in [-0.39, 0.29) is 30.3 Å². The molecule has 1 aromatic rings. The van der Waals surface area contributed by atoms with E-state index in [9.17, 15) is 14.4 Å². The highest BCUT2D eigenvalue weighted by Crippen LogP contribution is 2.07. The summed E-state index contributed by atoms with van der Waals surface area (Å²) in [4.78, 5) is 40.1.